The van der Waals surface area contributed by atoms with Gasteiger partial charge in [-0.1, -0.05) is 44.5 Å². The number of aromatic nitrogens is 2. The van der Waals surface area contributed by atoms with E-state index in [1.165, 1.54) is 18.0 Å². The van der Waals surface area contributed by atoms with Crippen LogP contribution in [0.4, 0.5) is 5.69 Å². The average Bonchev–Trinajstić information content (AvgIpc) is 2.38. The highest BCUT2D eigenvalue weighted by Gasteiger charge is 2.14. The first-order valence-corrected chi connectivity index (χ1v) is 6.63. The van der Waals surface area contributed by atoms with Crippen LogP contribution in [0.25, 0.3) is 0 Å². The number of nitrogens with zero attached hydrogens (tertiary/aromatic N) is 2. The van der Waals surface area contributed by atoms with E-state index in [0.717, 1.165) is 0 Å². The molecule has 5 heteroatoms. The summed E-state index contributed by atoms with van der Waals surface area (Å²) >= 11 is 5.71. The highest BCUT2D eigenvalue weighted by molar-refractivity contribution is 6.29. The van der Waals surface area contributed by atoms with E-state index < -0.39 is 0 Å². The molecule has 20 heavy (non-hydrogen) atoms. The number of halogens is 1. The second-order valence-electron chi connectivity index (χ2n) is 5.51. The van der Waals surface area contributed by atoms with Crippen LogP contribution in [0, 0.1) is 0 Å². The largest absolute Gasteiger partial charge is 0.321 e. The predicted molar refractivity (Wildman–Crippen MR) is 80.1 cm³/mol. The summed E-state index contributed by atoms with van der Waals surface area (Å²) in [5, 5.41) is 2.96. The van der Waals surface area contributed by atoms with Gasteiger partial charge in [-0.05, 0) is 23.1 Å². The van der Waals surface area contributed by atoms with Crippen molar-refractivity contribution < 1.29 is 4.79 Å². The van der Waals surface area contributed by atoms with Crippen LogP contribution >= 0.6 is 11.6 Å². The lowest BCUT2D eigenvalue weighted by Crippen LogP contribution is -2.15. The lowest BCUT2D eigenvalue weighted by Gasteiger charge is -2.19. The summed E-state index contributed by atoms with van der Waals surface area (Å²) in [5.74, 6) is -0.330. The first-order chi connectivity index (χ1) is 9.36. The topological polar surface area (TPSA) is 54.9 Å². The first kappa shape index (κ1) is 14.5. The van der Waals surface area contributed by atoms with E-state index in [1.807, 2.05) is 24.3 Å². The number of benzene rings is 1. The van der Waals surface area contributed by atoms with Crippen molar-refractivity contribution in [3.63, 3.8) is 0 Å². The Hall–Kier alpha value is -1.94. The number of hydrogen-bond acceptors (Lipinski definition) is 3. The van der Waals surface area contributed by atoms with Gasteiger partial charge in [0, 0.05) is 5.69 Å². The third kappa shape index (κ3) is 3.54. The third-order valence-corrected chi connectivity index (χ3v) is 3.03. The minimum absolute atomic E-state index is 0.0843. The predicted octanol–water partition coefficient (Wildman–Crippen LogP) is 3.68. The van der Waals surface area contributed by atoms with Crippen molar-refractivity contribution in [3.05, 3.63) is 53.1 Å². The van der Waals surface area contributed by atoms with Gasteiger partial charge in [-0.3, -0.25) is 9.78 Å². The van der Waals surface area contributed by atoms with Gasteiger partial charge >= 0.3 is 0 Å². The maximum absolute atomic E-state index is 12.0. The molecule has 0 radical (unpaired) electrons. The summed E-state index contributed by atoms with van der Waals surface area (Å²) < 4.78 is 0. The smallest absolute Gasteiger partial charge is 0.275 e. The molecule has 0 atom stereocenters. The van der Waals surface area contributed by atoms with Gasteiger partial charge in [0.05, 0.1) is 12.4 Å². The summed E-state index contributed by atoms with van der Waals surface area (Å²) in [4.78, 5) is 19.7. The molecule has 2 rings (SSSR count). The number of amides is 1. The molecule has 0 bridgehead atoms. The molecule has 104 valence electrons. The molecule has 0 saturated carbocycles. The standard InChI is InChI=1S/C15H16ClN3O/c1-15(2,3)10-4-6-11(7-5-10)18-14(20)12-8-17-9-13(16)19-12/h4-9H,1-3H3,(H,18,20). The van der Waals surface area contributed by atoms with E-state index in [1.54, 1.807) is 0 Å². The van der Waals surface area contributed by atoms with E-state index in [4.69, 9.17) is 11.6 Å². The van der Waals surface area contributed by atoms with Crippen molar-refractivity contribution in [1.82, 2.24) is 9.97 Å². The molecule has 2 aromatic rings. The fraction of sp³-hybridized carbons (Fsp3) is 0.267. The number of nitrogens with one attached hydrogen (secondary N) is 1. The van der Waals surface area contributed by atoms with Crippen molar-refractivity contribution in [2.24, 2.45) is 0 Å². The zero-order valence-electron chi connectivity index (χ0n) is 11.6. The Morgan fingerprint density at radius 2 is 1.80 bits per heavy atom. The Bertz CT molecular complexity index is 618. The van der Waals surface area contributed by atoms with Crippen LogP contribution < -0.4 is 5.32 Å². The third-order valence-electron chi connectivity index (χ3n) is 2.85. The lowest BCUT2D eigenvalue weighted by molar-refractivity contribution is 0.102. The van der Waals surface area contributed by atoms with Gasteiger partial charge in [0.1, 0.15) is 10.8 Å². The van der Waals surface area contributed by atoms with Gasteiger partial charge in [-0.15, -0.1) is 0 Å². The summed E-state index contributed by atoms with van der Waals surface area (Å²) in [6, 6.07) is 7.74. The average molecular weight is 290 g/mol. The molecule has 0 spiro atoms. The van der Waals surface area contributed by atoms with Crippen LogP contribution in [-0.2, 0) is 5.41 Å². The van der Waals surface area contributed by atoms with E-state index in [9.17, 15) is 4.79 Å². The summed E-state index contributed by atoms with van der Waals surface area (Å²) in [5.41, 5.74) is 2.20. The van der Waals surface area contributed by atoms with Crippen LogP contribution in [0.1, 0.15) is 36.8 Å². The molecular formula is C15H16ClN3O. The molecule has 0 aliphatic carbocycles. The Balaban J connectivity index is 2.12. The Morgan fingerprint density at radius 3 is 2.35 bits per heavy atom. The summed E-state index contributed by atoms with van der Waals surface area (Å²) in [6.07, 6.45) is 2.77. The molecule has 1 amide bonds. The highest BCUT2D eigenvalue weighted by atomic mass is 35.5. The van der Waals surface area contributed by atoms with Crippen molar-refractivity contribution in [3.8, 4) is 0 Å². The first-order valence-electron chi connectivity index (χ1n) is 6.26. The minimum atomic E-state index is -0.330. The molecule has 4 nitrogen and oxygen atoms in total. The summed E-state index contributed by atoms with van der Waals surface area (Å²) in [7, 11) is 0. The molecule has 1 N–H and O–H groups in total. The SMILES string of the molecule is CC(C)(C)c1ccc(NC(=O)c2cncc(Cl)n2)cc1. The summed E-state index contributed by atoms with van der Waals surface area (Å²) in [6.45, 7) is 6.42. The van der Waals surface area contributed by atoms with Gasteiger partial charge in [-0.2, -0.15) is 0 Å². The van der Waals surface area contributed by atoms with Crippen molar-refractivity contribution in [2.45, 2.75) is 26.2 Å². The molecule has 1 heterocycles. The normalized spacial score (nSPS) is 11.2. The van der Waals surface area contributed by atoms with Crippen LogP contribution in [0.3, 0.4) is 0 Å². The molecule has 1 aromatic carbocycles. The van der Waals surface area contributed by atoms with E-state index in [0.29, 0.717) is 5.69 Å². The molecule has 0 fully saturated rings. The number of rotatable bonds is 2. The molecular weight excluding hydrogens is 274 g/mol. The number of carbonyl (C=O) groups is 1. The number of hydrogen-bond donors (Lipinski definition) is 1. The fourth-order valence-corrected chi connectivity index (χ4v) is 1.85. The van der Waals surface area contributed by atoms with Crippen LogP contribution in [0.5, 0.6) is 0 Å². The Morgan fingerprint density at radius 1 is 1.15 bits per heavy atom. The number of carbonyl (C=O) groups excluding carboxylic acids is 1. The minimum Gasteiger partial charge on any atom is -0.321 e. The zero-order valence-corrected chi connectivity index (χ0v) is 12.4. The van der Waals surface area contributed by atoms with Crippen LogP contribution in [-0.4, -0.2) is 15.9 Å². The van der Waals surface area contributed by atoms with E-state index in [-0.39, 0.29) is 22.2 Å². The Kier molecular flexibility index (Phi) is 4.04. The van der Waals surface area contributed by atoms with Gasteiger partial charge in [0.2, 0.25) is 0 Å². The van der Waals surface area contributed by atoms with Crippen LogP contribution in [0.15, 0.2) is 36.7 Å². The number of anilines is 1. The van der Waals surface area contributed by atoms with Crippen molar-refractivity contribution in [1.29, 1.82) is 0 Å². The molecule has 0 aliphatic rings. The maximum atomic E-state index is 12.0. The monoisotopic (exact) mass is 289 g/mol. The zero-order chi connectivity index (χ0) is 14.8. The van der Waals surface area contributed by atoms with E-state index in [2.05, 4.69) is 36.1 Å². The molecule has 0 unspecified atom stereocenters. The maximum Gasteiger partial charge on any atom is 0.275 e. The Labute approximate surface area is 123 Å². The highest BCUT2D eigenvalue weighted by Crippen LogP contribution is 2.23. The van der Waals surface area contributed by atoms with Crippen molar-refractivity contribution >= 4 is 23.2 Å². The fourth-order valence-electron chi connectivity index (χ4n) is 1.70. The molecule has 0 saturated heterocycles. The van der Waals surface area contributed by atoms with Gasteiger partial charge in [0.25, 0.3) is 5.91 Å². The second kappa shape index (κ2) is 5.59. The molecule has 0 aliphatic heterocycles. The van der Waals surface area contributed by atoms with Gasteiger partial charge in [0.15, 0.2) is 0 Å². The molecule has 1 aromatic heterocycles. The lowest BCUT2D eigenvalue weighted by atomic mass is 9.87. The second-order valence-corrected chi connectivity index (χ2v) is 5.90. The van der Waals surface area contributed by atoms with Crippen molar-refractivity contribution in [2.75, 3.05) is 5.32 Å². The van der Waals surface area contributed by atoms with Crippen LogP contribution in [0.2, 0.25) is 5.15 Å². The van der Waals surface area contributed by atoms with Gasteiger partial charge < -0.3 is 5.32 Å². The van der Waals surface area contributed by atoms with E-state index >= 15 is 0 Å². The van der Waals surface area contributed by atoms with Gasteiger partial charge in [-0.25, -0.2) is 4.98 Å². The quantitative estimate of drug-likeness (QED) is 0.917.